The molecule has 0 spiro atoms. The third kappa shape index (κ3) is 4.95. The van der Waals surface area contributed by atoms with Crippen LogP contribution >= 0.6 is 13.5 Å². The van der Waals surface area contributed by atoms with Crippen molar-refractivity contribution in [2.75, 3.05) is 31.2 Å². The van der Waals surface area contributed by atoms with Crippen LogP contribution in [0.1, 0.15) is 5.56 Å². The van der Waals surface area contributed by atoms with E-state index in [-0.39, 0.29) is 19.5 Å². The summed E-state index contributed by atoms with van der Waals surface area (Å²) in [5.74, 6) is 0.704. The Morgan fingerprint density at radius 3 is 2.80 bits per heavy atom. The number of nitrogens with one attached hydrogen (secondary N) is 2. The van der Waals surface area contributed by atoms with E-state index in [9.17, 15) is 0 Å². The van der Waals surface area contributed by atoms with Crippen molar-refractivity contribution in [3.05, 3.63) is 72.8 Å². The summed E-state index contributed by atoms with van der Waals surface area (Å²) in [4.78, 5) is 20.6. The Labute approximate surface area is 209 Å². The second-order valence-corrected chi connectivity index (χ2v) is 8.39. The number of aromatic amines is 1. The number of nitrogens with zero attached hydrogens (tertiary/aromatic N) is 6. The highest BCUT2D eigenvalue weighted by Gasteiger charge is 2.20. The summed E-state index contributed by atoms with van der Waals surface area (Å²) in [6.07, 6.45) is 5.18. The molecule has 178 valence electrons. The van der Waals surface area contributed by atoms with E-state index < -0.39 is 0 Å². The molecule has 0 saturated carbocycles. The molecule has 0 aliphatic carbocycles. The van der Waals surface area contributed by atoms with Gasteiger partial charge >= 0.3 is 0 Å². The van der Waals surface area contributed by atoms with Gasteiger partial charge in [0.25, 0.3) is 0 Å². The van der Waals surface area contributed by atoms with Gasteiger partial charge in [0.15, 0.2) is 5.65 Å². The van der Waals surface area contributed by atoms with Crippen LogP contribution in [0.25, 0.3) is 33.2 Å². The molecule has 0 amide bonds. The molecule has 2 N–H and O–H groups in total. The van der Waals surface area contributed by atoms with Gasteiger partial charge in [0.2, 0.25) is 5.95 Å². The van der Waals surface area contributed by atoms with Gasteiger partial charge in [-0.05, 0) is 17.7 Å². The molecule has 2 aromatic carbocycles. The smallest absolute Gasteiger partial charge is 0.226 e. The molecule has 4 heterocycles. The lowest BCUT2D eigenvalue weighted by Gasteiger charge is -2.30. The van der Waals surface area contributed by atoms with Gasteiger partial charge in [-0.2, -0.15) is 18.6 Å². The van der Waals surface area contributed by atoms with E-state index in [1.54, 1.807) is 12.5 Å². The summed E-state index contributed by atoms with van der Waals surface area (Å²) < 4.78 is 5.67. The number of hydrogen-bond donors (Lipinski definition) is 2. The third-order valence-corrected chi connectivity index (χ3v) is 6.03. The molecule has 35 heavy (non-hydrogen) atoms. The van der Waals surface area contributed by atoms with Crippen LogP contribution in [-0.4, -0.2) is 62.5 Å². The number of aromatic nitrogens is 6. The Bertz CT molecular complexity index is 1420. The Morgan fingerprint density at radius 2 is 1.94 bits per heavy atom. The van der Waals surface area contributed by atoms with Crippen molar-refractivity contribution in [1.29, 1.82) is 0 Å². The summed E-state index contributed by atoms with van der Waals surface area (Å²) in [6.45, 7) is 3.78. The van der Waals surface area contributed by atoms with Crippen LogP contribution in [0.4, 0.5) is 5.95 Å². The van der Waals surface area contributed by atoms with Crippen molar-refractivity contribution in [3.8, 4) is 11.3 Å². The Balaban J connectivity index is 0.00000253. The Morgan fingerprint density at radius 1 is 1.03 bits per heavy atom. The normalized spacial score (nSPS) is 15.7. The minimum atomic E-state index is 0. The fraction of sp³-hybridized carbons (Fsp3) is 0.240. The van der Waals surface area contributed by atoms with E-state index >= 15 is 0 Å². The largest absolute Gasteiger partial charge is 0.378 e. The number of ether oxygens (including phenoxy) is 1. The monoisotopic (exact) mass is 486 g/mol. The summed E-state index contributed by atoms with van der Waals surface area (Å²) >= 11 is 0. The lowest BCUT2D eigenvalue weighted by atomic mass is 10.1. The van der Waals surface area contributed by atoms with Gasteiger partial charge in [0.1, 0.15) is 6.33 Å². The van der Waals surface area contributed by atoms with E-state index in [2.05, 4.69) is 60.7 Å². The lowest BCUT2D eigenvalue weighted by Crippen LogP contribution is -2.48. The average Bonchev–Trinajstić information content (AvgIpc) is 3.38. The highest BCUT2D eigenvalue weighted by atomic mass is 32.1. The van der Waals surface area contributed by atoms with Crippen LogP contribution < -0.4 is 10.2 Å². The van der Waals surface area contributed by atoms with Crippen LogP contribution in [0.5, 0.6) is 0 Å². The van der Waals surface area contributed by atoms with Gasteiger partial charge < -0.3 is 15.0 Å². The van der Waals surface area contributed by atoms with Gasteiger partial charge in [-0.25, -0.2) is 19.9 Å². The van der Waals surface area contributed by atoms with E-state index in [1.807, 2.05) is 24.4 Å². The maximum atomic E-state index is 5.67. The number of benzene rings is 2. The first-order valence-electron chi connectivity index (χ1n) is 11.3. The summed E-state index contributed by atoms with van der Waals surface area (Å²) in [5.41, 5.74) is 4.62. The molecule has 1 atom stereocenters. The lowest BCUT2D eigenvalue weighted by molar-refractivity contribution is 0.0786. The van der Waals surface area contributed by atoms with Gasteiger partial charge in [-0.1, -0.05) is 36.4 Å². The third-order valence-electron chi connectivity index (χ3n) is 6.03. The van der Waals surface area contributed by atoms with Gasteiger partial charge in [0.05, 0.1) is 36.0 Å². The predicted octanol–water partition coefficient (Wildman–Crippen LogP) is 3.07. The predicted molar refractivity (Wildman–Crippen MR) is 141 cm³/mol. The Hall–Kier alpha value is -3.60. The van der Waals surface area contributed by atoms with E-state index in [0.29, 0.717) is 18.2 Å². The van der Waals surface area contributed by atoms with Crippen molar-refractivity contribution < 1.29 is 4.74 Å². The van der Waals surface area contributed by atoms with E-state index in [0.717, 1.165) is 53.8 Å². The molecule has 3 aromatic heterocycles. The standard InChI is InChI=1S/C25H24N8O.H2S/c1-2-4-17(5-3-1)13-33(14-20-15-34-9-8-26-20)25-27-11-19-10-18(6-7-22(19)31-25)23-21-12-30-32-24(21)29-16-28-23;/h1-7,10-12,16,20,26H,8-9,13-15H2,(H,28,29,30,32);1H2/t20-;/m0./s1. The molecule has 9 nitrogen and oxygen atoms in total. The van der Waals surface area contributed by atoms with Gasteiger partial charge in [-0.3, -0.25) is 5.10 Å². The van der Waals surface area contributed by atoms with Crippen molar-refractivity contribution in [3.63, 3.8) is 0 Å². The molecule has 0 radical (unpaired) electrons. The Kier molecular flexibility index (Phi) is 6.84. The van der Waals surface area contributed by atoms with Gasteiger partial charge in [-0.15, -0.1) is 0 Å². The molecular weight excluding hydrogens is 460 g/mol. The topological polar surface area (TPSA) is 105 Å². The number of rotatable bonds is 6. The first-order valence-corrected chi connectivity index (χ1v) is 11.3. The number of H-pyrrole nitrogens is 1. The average molecular weight is 487 g/mol. The molecule has 1 aliphatic rings. The van der Waals surface area contributed by atoms with Crippen LogP contribution in [0.3, 0.4) is 0 Å². The highest BCUT2D eigenvalue weighted by molar-refractivity contribution is 7.59. The number of anilines is 1. The minimum absolute atomic E-state index is 0. The molecule has 6 rings (SSSR count). The molecule has 10 heteroatoms. The summed E-state index contributed by atoms with van der Waals surface area (Å²) in [6, 6.07) is 16.8. The zero-order valence-corrected chi connectivity index (χ0v) is 20.1. The van der Waals surface area contributed by atoms with Crippen LogP contribution in [0.2, 0.25) is 0 Å². The molecule has 5 aromatic rings. The second kappa shape index (κ2) is 10.3. The van der Waals surface area contributed by atoms with E-state index in [4.69, 9.17) is 14.7 Å². The second-order valence-electron chi connectivity index (χ2n) is 8.39. The van der Waals surface area contributed by atoms with Crippen molar-refractivity contribution in [1.82, 2.24) is 35.5 Å². The number of morpholine rings is 1. The minimum Gasteiger partial charge on any atom is -0.378 e. The zero-order valence-electron chi connectivity index (χ0n) is 19.1. The molecule has 0 unspecified atom stereocenters. The molecular formula is C25H26N8OS. The zero-order chi connectivity index (χ0) is 22.7. The van der Waals surface area contributed by atoms with Crippen molar-refractivity contribution in [2.45, 2.75) is 12.6 Å². The number of fused-ring (bicyclic) bond motifs is 2. The quantitative estimate of drug-likeness (QED) is 0.377. The SMILES string of the molecule is S.c1ccc(CN(C[C@H]2COCCN2)c2ncc3cc(-c4ncnc5[nH]ncc45)ccc3n2)cc1. The molecule has 0 bridgehead atoms. The van der Waals surface area contributed by atoms with Crippen LogP contribution in [0.15, 0.2) is 67.3 Å². The molecule has 1 saturated heterocycles. The maximum absolute atomic E-state index is 5.67. The van der Waals surface area contributed by atoms with Gasteiger partial charge in [0, 0.05) is 42.8 Å². The van der Waals surface area contributed by atoms with E-state index in [1.165, 1.54) is 5.56 Å². The first-order chi connectivity index (χ1) is 16.8. The summed E-state index contributed by atoms with van der Waals surface area (Å²) in [7, 11) is 0. The fourth-order valence-electron chi connectivity index (χ4n) is 4.34. The highest BCUT2D eigenvalue weighted by Crippen LogP contribution is 2.27. The van der Waals surface area contributed by atoms with Crippen molar-refractivity contribution in [2.24, 2.45) is 0 Å². The number of hydrogen-bond acceptors (Lipinski definition) is 8. The van der Waals surface area contributed by atoms with Crippen molar-refractivity contribution >= 4 is 41.4 Å². The fourth-order valence-corrected chi connectivity index (χ4v) is 4.34. The van der Waals surface area contributed by atoms with Crippen LogP contribution in [0, 0.1) is 0 Å². The molecule has 1 fully saturated rings. The molecule has 1 aliphatic heterocycles. The first kappa shape index (κ1) is 23.2. The summed E-state index contributed by atoms with van der Waals surface area (Å²) in [5, 5.41) is 12.4. The maximum Gasteiger partial charge on any atom is 0.226 e. The van der Waals surface area contributed by atoms with Crippen LogP contribution in [-0.2, 0) is 11.3 Å².